The fourth-order valence-electron chi connectivity index (χ4n) is 3.89. The Morgan fingerprint density at radius 3 is 2.71 bits per heavy atom. The van der Waals surface area contributed by atoms with Crippen molar-refractivity contribution >= 4 is 17.3 Å². The minimum atomic E-state index is -0.486. The molecular formula is C24H33NO2S. The Morgan fingerprint density at radius 2 is 2.04 bits per heavy atom. The van der Waals surface area contributed by atoms with E-state index in [2.05, 4.69) is 35.4 Å². The second-order valence-corrected chi connectivity index (χ2v) is 9.83. The van der Waals surface area contributed by atoms with Gasteiger partial charge in [0, 0.05) is 17.5 Å². The number of carbonyl (C=O) groups is 1. The molecule has 1 unspecified atom stereocenters. The number of hydrogen-bond acceptors (Lipinski definition) is 4. The maximum Gasteiger partial charge on any atom is 0.316 e. The maximum absolute atomic E-state index is 12.3. The fraction of sp³-hybridized carbons (Fsp3) is 0.542. The van der Waals surface area contributed by atoms with Crippen molar-refractivity contribution in [1.29, 1.82) is 0 Å². The SMILES string of the molecule is CCCN(CCc1cccs1)C1CCc2c(cccc2OC(=O)C(C)(C)C)C1. The quantitative estimate of drug-likeness (QED) is 0.454. The number of hydrogen-bond donors (Lipinski definition) is 0. The molecule has 0 saturated heterocycles. The van der Waals surface area contributed by atoms with Crippen molar-refractivity contribution in [2.45, 2.75) is 65.8 Å². The van der Waals surface area contributed by atoms with Gasteiger partial charge in [0.1, 0.15) is 5.75 Å². The topological polar surface area (TPSA) is 29.5 Å². The van der Waals surface area contributed by atoms with Gasteiger partial charge in [-0.1, -0.05) is 25.1 Å². The molecule has 1 aliphatic carbocycles. The Balaban J connectivity index is 1.70. The van der Waals surface area contributed by atoms with E-state index < -0.39 is 5.41 Å². The molecule has 0 bridgehead atoms. The number of esters is 1. The van der Waals surface area contributed by atoms with E-state index >= 15 is 0 Å². The zero-order valence-corrected chi connectivity index (χ0v) is 18.5. The van der Waals surface area contributed by atoms with Crippen molar-refractivity contribution in [3.63, 3.8) is 0 Å². The molecule has 1 heterocycles. The molecule has 0 fully saturated rings. The average Bonchev–Trinajstić information content (AvgIpc) is 3.17. The van der Waals surface area contributed by atoms with Gasteiger partial charge in [-0.05, 0) is 88.1 Å². The largest absolute Gasteiger partial charge is 0.426 e. The smallest absolute Gasteiger partial charge is 0.316 e. The van der Waals surface area contributed by atoms with Crippen molar-refractivity contribution in [2.24, 2.45) is 5.41 Å². The van der Waals surface area contributed by atoms with Gasteiger partial charge in [-0.25, -0.2) is 0 Å². The number of rotatable bonds is 7. The lowest BCUT2D eigenvalue weighted by Gasteiger charge is -2.35. The van der Waals surface area contributed by atoms with Gasteiger partial charge in [0.15, 0.2) is 0 Å². The van der Waals surface area contributed by atoms with Crippen LogP contribution < -0.4 is 4.74 Å². The molecule has 0 saturated carbocycles. The molecule has 0 amide bonds. The van der Waals surface area contributed by atoms with Crippen molar-refractivity contribution in [3.05, 3.63) is 51.7 Å². The van der Waals surface area contributed by atoms with Crippen LogP contribution in [0.5, 0.6) is 5.75 Å². The lowest BCUT2D eigenvalue weighted by Crippen LogP contribution is -2.41. The Kier molecular flexibility index (Phi) is 6.95. The molecule has 3 nitrogen and oxygen atoms in total. The third-order valence-electron chi connectivity index (χ3n) is 5.48. The summed E-state index contributed by atoms with van der Waals surface area (Å²) in [6, 6.07) is 11.1. The molecule has 0 spiro atoms. The van der Waals surface area contributed by atoms with Crippen LogP contribution in [0.15, 0.2) is 35.7 Å². The standard InChI is InChI=1S/C24H33NO2S/c1-5-14-25(15-13-20-9-7-16-28-20)19-11-12-21-18(17-19)8-6-10-22(21)27-23(26)24(2,3)4/h6-10,16,19H,5,11-15,17H2,1-4H3. The highest BCUT2D eigenvalue weighted by molar-refractivity contribution is 7.09. The molecule has 1 aliphatic rings. The van der Waals surface area contributed by atoms with Crippen LogP contribution in [0.3, 0.4) is 0 Å². The third-order valence-corrected chi connectivity index (χ3v) is 6.42. The molecular weight excluding hydrogens is 366 g/mol. The Morgan fingerprint density at radius 1 is 1.21 bits per heavy atom. The van der Waals surface area contributed by atoms with E-state index in [4.69, 9.17) is 4.74 Å². The van der Waals surface area contributed by atoms with E-state index in [1.165, 1.54) is 22.4 Å². The van der Waals surface area contributed by atoms with Crippen molar-refractivity contribution in [1.82, 2.24) is 4.90 Å². The van der Waals surface area contributed by atoms with Crippen LogP contribution in [0.2, 0.25) is 0 Å². The minimum Gasteiger partial charge on any atom is -0.426 e. The van der Waals surface area contributed by atoms with E-state index in [0.29, 0.717) is 6.04 Å². The van der Waals surface area contributed by atoms with E-state index in [1.807, 2.05) is 44.2 Å². The molecule has 152 valence electrons. The van der Waals surface area contributed by atoms with Gasteiger partial charge in [0.25, 0.3) is 0 Å². The zero-order valence-electron chi connectivity index (χ0n) is 17.7. The lowest BCUT2D eigenvalue weighted by molar-refractivity contribution is -0.143. The maximum atomic E-state index is 12.3. The predicted octanol–water partition coefficient (Wildman–Crippen LogP) is 5.51. The first-order valence-corrected chi connectivity index (χ1v) is 11.4. The van der Waals surface area contributed by atoms with Crippen LogP contribution in [0.4, 0.5) is 0 Å². The lowest BCUT2D eigenvalue weighted by atomic mass is 9.86. The summed E-state index contributed by atoms with van der Waals surface area (Å²) in [5.74, 6) is 0.600. The second-order valence-electron chi connectivity index (χ2n) is 8.80. The second kappa shape index (κ2) is 9.23. The van der Waals surface area contributed by atoms with Crippen LogP contribution in [-0.4, -0.2) is 30.0 Å². The Hall–Kier alpha value is -1.65. The fourth-order valence-corrected chi connectivity index (χ4v) is 4.58. The van der Waals surface area contributed by atoms with Gasteiger partial charge < -0.3 is 4.74 Å². The number of thiophene rings is 1. The molecule has 3 rings (SSSR count). The summed E-state index contributed by atoms with van der Waals surface area (Å²) in [6.07, 6.45) is 5.45. The van der Waals surface area contributed by atoms with Crippen LogP contribution in [0.25, 0.3) is 0 Å². The average molecular weight is 400 g/mol. The molecule has 4 heteroatoms. The van der Waals surface area contributed by atoms with Gasteiger partial charge in [-0.2, -0.15) is 0 Å². The Bertz CT molecular complexity index is 776. The summed E-state index contributed by atoms with van der Waals surface area (Å²) < 4.78 is 5.77. The van der Waals surface area contributed by atoms with Crippen LogP contribution in [0.1, 0.15) is 56.5 Å². The predicted molar refractivity (Wildman–Crippen MR) is 117 cm³/mol. The molecule has 1 aromatic carbocycles. The Labute approximate surface area is 173 Å². The first-order valence-electron chi connectivity index (χ1n) is 10.5. The number of fused-ring (bicyclic) bond motifs is 1. The first-order chi connectivity index (χ1) is 13.4. The number of nitrogens with zero attached hydrogens (tertiary/aromatic N) is 1. The zero-order chi connectivity index (χ0) is 20.1. The summed E-state index contributed by atoms with van der Waals surface area (Å²) in [5, 5.41) is 2.16. The van der Waals surface area contributed by atoms with Crippen molar-refractivity contribution < 1.29 is 9.53 Å². The van der Waals surface area contributed by atoms with Crippen LogP contribution in [-0.2, 0) is 24.1 Å². The number of carbonyl (C=O) groups excluding carboxylic acids is 1. The van der Waals surface area contributed by atoms with Crippen LogP contribution >= 0.6 is 11.3 Å². The van der Waals surface area contributed by atoms with E-state index in [9.17, 15) is 4.79 Å². The summed E-state index contributed by atoms with van der Waals surface area (Å²) in [5.41, 5.74) is 2.08. The highest BCUT2D eigenvalue weighted by Gasteiger charge is 2.28. The first kappa shape index (κ1) is 21.1. The highest BCUT2D eigenvalue weighted by Crippen LogP contribution is 2.33. The summed E-state index contributed by atoms with van der Waals surface area (Å²) in [4.78, 5) is 16.5. The van der Waals surface area contributed by atoms with Gasteiger partial charge in [-0.15, -0.1) is 11.3 Å². The third kappa shape index (κ3) is 5.24. The summed E-state index contributed by atoms with van der Waals surface area (Å²) in [7, 11) is 0. The number of ether oxygens (including phenoxy) is 1. The molecule has 1 aromatic heterocycles. The summed E-state index contributed by atoms with van der Waals surface area (Å²) >= 11 is 1.85. The van der Waals surface area contributed by atoms with Gasteiger partial charge >= 0.3 is 5.97 Å². The molecule has 1 atom stereocenters. The van der Waals surface area contributed by atoms with E-state index in [0.717, 1.165) is 44.5 Å². The van der Waals surface area contributed by atoms with Gasteiger partial charge in [-0.3, -0.25) is 9.69 Å². The minimum absolute atomic E-state index is 0.161. The van der Waals surface area contributed by atoms with E-state index in [1.54, 1.807) is 0 Å². The monoisotopic (exact) mass is 399 g/mol. The highest BCUT2D eigenvalue weighted by atomic mass is 32.1. The molecule has 0 N–H and O–H groups in total. The van der Waals surface area contributed by atoms with Crippen molar-refractivity contribution in [2.75, 3.05) is 13.1 Å². The van der Waals surface area contributed by atoms with Crippen LogP contribution in [0, 0.1) is 5.41 Å². The molecule has 2 aromatic rings. The molecule has 28 heavy (non-hydrogen) atoms. The van der Waals surface area contributed by atoms with Crippen molar-refractivity contribution in [3.8, 4) is 5.75 Å². The molecule has 0 radical (unpaired) electrons. The summed E-state index contributed by atoms with van der Waals surface area (Å²) in [6.45, 7) is 10.2. The van der Waals surface area contributed by atoms with Gasteiger partial charge in [0.2, 0.25) is 0 Å². The molecule has 0 aliphatic heterocycles. The number of benzene rings is 1. The van der Waals surface area contributed by atoms with Gasteiger partial charge in [0.05, 0.1) is 5.41 Å². The normalized spacial score (nSPS) is 16.8. The van der Waals surface area contributed by atoms with E-state index in [-0.39, 0.29) is 5.97 Å².